The first kappa shape index (κ1) is 17.2. The first-order valence-electron chi connectivity index (χ1n) is 2.46. The van der Waals surface area contributed by atoms with Crippen molar-refractivity contribution in [3.8, 4) is 0 Å². The summed E-state index contributed by atoms with van der Waals surface area (Å²) in [6, 6.07) is 0. The smallest absolute Gasteiger partial charge is 0.755 e. The molecule has 0 saturated carbocycles. The van der Waals surface area contributed by atoms with E-state index < -0.39 is 15.6 Å². The number of hydrogen-bond donors (Lipinski definition) is 0. The van der Waals surface area contributed by atoms with Crippen molar-refractivity contribution in [1.29, 1.82) is 0 Å². The molecule has 2 saturated heterocycles. The summed E-state index contributed by atoms with van der Waals surface area (Å²) in [6.45, 7) is 0. The molecule has 0 N–H and O–H groups in total. The minimum Gasteiger partial charge on any atom is -0.755 e. The molecule has 2 aliphatic heterocycles. The zero-order chi connectivity index (χ0) is 10.7. The van der Waals surface area contributed by atoms with Crippen LogP contribution in [0, 0.1) is 0 Å². The second-order valence-electron chi connectivity index (χ2n) is 1.46. The van der Waals surface area contributed by atoms with Gasteiger partial charge in [-0.15, -0.1) is 0 Å². The van der Waals surface area contributed by atoms with Crippen molar-refractivity contribution in [3.63, 3.8) is 0 Å². The van der Waals surface area contributed by atoms with Crippen LogP contribution in [0.3, 0.4) is 0 Å². The largest absolute Gasteiger partial charge is 2.00 e. The molecule has 2 aliphatic rings. The molecular formula is O8P2S4Zn. The van der Waals surface area contributed by atoms with Gasteiger partial charge < -0.3 is 9.79 Å². The molecule has 84 valence electrons. The third kappa shape index (κ3) is 8.04. The molecule has 2 heterocycles. The van der Waals surface area contributed by atoms with Crippen LogP contribution in [-0.4, -0.2) is 0 Å². The minimum atomic E-state index is -3.87. The second-order valence-corrected chi connectivity index (χ2v) is 7.82. The van der Waals surface area contributed by atoms with Crippen LogP contribution in [0.5, 0.6) is 0 Å². The molecule has 0 aliphatic carbocycles. The topological polar surface area (TPSA) is 117 Å². The number of rotatable bonds is 0. The van der Waals surface area contributed by atoms with Crippen LogP contribution in [0.2, 0.25) is 0 Å². The van der Waals surface area contributed by atoms with E-state index in [2.05, 4.69) is 15.9 Å². The Kier molecular flexibility index (Phi) is 8.77. The van der Waals surface area contributed by atoms with E-state index >= 15 is 0 Å². The van der Waals surface area contributed by atoms with E-state index in [-0.39, 0.29) is 19.5 Å². The molecule has 0 atom stereocenters. The third-order valence-corrected chi connectivity index (χ3v) is 7.07. The van der Waals surface area contributed by atoms with Gasteiger partial charge in [0, 0.05) is 0 Å². The summed E-state index contributed by atoms with van der Waals surface area (Å²) < 4.78 is 35.9. The molecule has 0 amide bonds. The molecule has 0 unspecified atom stereocenters. The Morgan fingerprint density at radius 2 is 0.933 bits per heavy atom. The van der Waals surface area contributed by atoms with Gasteiger partial charge in [0.2, 0.25) is 0 Å². The quantitative estimate of drug-likeness (QED) is 0.260. The Labute approximate surface area is 114 Å². The van der Waals surface area contributed by atoms with E-state index in [4.69, 9.17) is 0 Å². The van der Waals surface area contributed by atoms with Gasteiger partial charge in [-0.05, 0) is 0 Å². The maximum absolute atomic E-state index is 9.97. The van der Waals surface area contributed by atoms with Gasteiger partial charge in [0.1, 0.15) is 44.3 Å². The van der Waals surface area contributed by atoms with E-state index in [9.17, 15) is 18.9 Å². The fourth-order valence-electron chi connectivity index (χ4n) is 0.224. The molecular weight excluding hydrogens is 384 g/mol. The molecule has 0 aromatic carbocycles. The van der Waals surface area contributed by atoms with Crippen LogP contribution < -0.4 is 9.79 Å². The van der Waals surface area contributed by atoms with E-state index in [0.29, 0.717) is 44.3 Å². The van der Waals surface area contributed by atoms with Crippen LogP contribution in [-0.2, 0) is 44.5 Å². The molecule has 0 aromatic heterocycles. The second kappa shape index (κ2) is 7.63. The van der Waals surface area contributed by atoms with Crippen molar-refractivity contribution in [1.82, 2.24) is 0 Å². The van der Waals surface area contributed by atoms with Crippen molar-refractivity contribution < 1.29 is 54.3 Å². The molecule has 2 fully saturated rings. The van der Waals surface area contributed by atoms with Gasteiger partial charge in [-0.1, -0.05) is 0 Å². The Morgan fingerprint density at radius 3 is 1.00 bits per heavy atom. The first-order chi connectivity index (χ1) is 6.41. The average molecular weight is 384 g/mol. The fourth-order valence-corrected chi connectivity index (χ4v) is 6.04. The van der Waals surface area contributed by atoms with Crippen LogP contribution in [0.1, 0.15) is 0 Å². The van der Waals surface area contributed by atoms with E-state index in [1.165, 1.54) is 0 Å². The van der Waals surface area contributed by atoms with Gasteiger partial charge in [-0.2, -0.15) is 0 Å². The first-order valence-corrected chi connectivity index (χ1v) is 9.38. The summed E-state index contributed by atoms with van der Waals surface area (Å²) in [6.07, 6.45) is 0. The summed E-state index contributed by atoms with van der Waals surface area (Å²) in [7, 11) is -7.73. The van der Waals surface area contributed by atoms with Crippen molar-refractivity contribution in [3.05, 3.63) is 0 Å². The van der Waals surface area contributed by atoms with Crippen molar-refractivity contribution in [2.45, 2.75) is 0 Å². The summed E-state index contributed by atoms with van der Waals surface area (Å²) in [5.74, 6) is 0. The summed E-state index contributed by atoms with van der Waals surface area (Å²) in [5.41, 5.74) is 0. The predicted molar refractivity (Wildman–Crippen MR) is 49.9 cm³/mol. The van der Waals surface area contributed by atoms with Gasteiger partial charge in [-0.3, -0.25) is 9.13 Å². The molecule has 0 spiro atoms. The maximum Gasteiger partial charge on any atom is 2.00 e. The van der Waals surface area contributed by atoms with Crippen LogP contribution >= 0.6 is 59.9 Å². The van der Waals surface area contributed by atoms with Gasteiger partial charge in [0.05, 0.1) is 0 Å². The van der Waals surface area contributed by atoms with Gasteiger partial charge >= 0.3 is 19.5 Å². The van der Waals surface area contributed by atoms with Crippen molar-refractivity contribution in [2.24, 2.45) is 0 Å². The van der Waals surface area contributed by atoms with Crippen LogP contribution in [0.15, 0.2) is 0 Å². The van der Waals surface area contributed by atoms with Crippen molar-refractivity contribution in [2.75, 3.05) is 0 Å². The summed E-state index contributed by atoms with van der Waals surface area (Å²) >= 11 is 2.80. The zero-order valence-electron chi connectivity index (χ0n) is 6.50. The standard InChI is InChI=1S/2HO4PS2.Zn/c2*1-5(2)3-6-7-4-5;/h2*(H,1,2);/q;;+2/p-2. The molecule has 15 heavy (non-hydrogen) atoms. The van der Waals surface area contributed by atoms with E-state index in [1.807, 2.05) is 0 Å². The van der Waals surface area contributed by atoms with E-state index in [1.54, 1.807) is 0 Å². The monoisotopic (exact) mass is 382 g/mol. The Bertz CT molecular complexity index is 234. The third-order valence-electron chi connectivity index (χ3n) is 0.542. The van der Waals surface area contributed by atoms with Crippen molar-refractivity contribution >= 4 is 59.9 Å². The Hall–Kier alpha value is 2.24. The molecule has 0 radical (unpaired) electrons. The minimum absolute atomic E-state index is 0. The maximum atomic E-state index is 9.97. The predicted octanol–water partition coefficient (Wildman–Crippen LogP) is 1.42. The number of hydrogen-bond acceptors (Lipinski definition) is 12. The fraction of sp³-hybridized carbons (Fsp3) is 0. The van der Waals surface area contributed by atoms with Crippen LogP contribution in [0.4, 0.5) is 0 Å². The van der Waals surface area contributed by atoms with E-state index in [0.717, 1.165) is 0 Å². The van der Waals surface area contributed by atoms with Gasteiger partial charge in [0.25, 0.3) is 15.6 Å². The van der Waals surface area contributed by atoms with Gasteiger partial charge in [-0.25, -0.2) is 15.9 Å². The Morgan fingerprint density at radius 1 is 0.733 bits per heavy atom. The summed E-state index contributed by atoms with van der Waals surface area (Å²) in [5, 5.41) is 0. The van der Waals surface area contributed by atoms with Crippen LogP contribution in [0.25, 0.3) is 0 Å². The Balaban J connectivity index is 0.000000245. The average Bonchev–Trinajstić information content (AvgIpc) is 2.60. The molecule has 8 nitrogen and oxygen atoms in total. The zero-order valence-corrected chi connectivity index (χ0v) is 14.5. The molecule has 15 heteroatoms. The summed E-state index contributed by atoms with van der Waals surface area (Å²) in [4.78, 5) is 19.9. The molecule has 0 bridgehead atoms. The van der Waals surface area contributed by atoms with Gasteiger partial charge in [0.15, 0.2) is 0 Å². The number of phosphoric acid groups is 2. The molecule has 2 rings (SSSR count). The SMILES string of the molecule is O=P1([O-])OSSO1.O=P1([O-])OSSO1.[Zn+2]. The molecule has 0 aromatic rings. The normalized spacial score (nSPS) is 26.3.